The molecule has 0 aromatic carbocycles. The van der Waals surface area contributed by atoms with E-state index in [0.29, 0.717) is 5.92 Å². The lowest BCUT2D eigenvalue weighted by molar-refractivity contribution is 0.112. The van der Waals surface area contributed by atoms with Crippen molar-refractivity contribution in [1.82, 2.24) is 9.97 Å². The van der Waals surface area contributed by atoms with E-state index in [1.807, 2.05) is 6.92 Å². The molecule has 0 aliphatic heterocycles. The van der Waals surface area contributed by atoms with Gasteiger partial charge in [-0.25, -0.2) is 9.97 Å². The van der Waals surface area contributed by atoms with Crippen LogP contribution in [0.15, 0.2) is 6.07 Å². The van der Waals surface area contributed by atoms with Gasteiger partial charge in [-0.15, -0.1) is 0 Å². The smallest absolute Gasteiger partial charge is 0.159 e. The molecule has 1 heterocycles. The van der Waals surface area contributed by atoms with Crippen LogP contribution < -0.4 is 5.32 Å². The number of methoxy groups -OCH3 is 1. The summed E-state index contributed by atoms with van der Waals surface area (Å²) in [4.78, 5) is 9.28. The minimum Gasteiger partial charge on any atom is -0.374 e. The molecule has 4 heteroatoms. The average Bonchev–Trinajstić information content (AvgIpc) is 2.98. The number of hydrogen-bond donors (Lipinski definition) is 1. The first-order chi connectivity index (χ1) is 9.24. The molecule has 1 fully saturated rings. The van der Waals surface area contributed by atoms with Crippen LogP contribution in [0.25, 0.3) is 0 Å². The van der Waals surface area contributed by atoms with Crippen molar-refractivity contribution in [2.75, 3.05) is 19.0 Å². The number of ether oxygens (including phenoxy) is 1. The van der Waals surface area contributed by atoms with Gasteiger partial charge in [0.1, 0.15) is 11.9 Å². The fourth-order valence-electron chi connectivity index (χ4n) is 2.55. The SMILES string of the molecule is CCCNc1cc(C2CCCC2)nc(C(C)OC)n1. The molecular formula is C15H25N3O. The van der Waals surface area contributed by atoms with Crippen LogP contribution in [0, 0.1) is 0 Å². The fraction of sp³-hybridized carbons (Fsp3) is 0.733. The van der Waals surface area contributed by atoms with Crippen LogP contribution in [0.3, 0.4) is 0 Å². The Morgan fingerprint density at radius 2 is 2.11 bits per heavy atom. The summed E-state index contributed by atoms with van der Waals surface area (Å²) in [6.07, 6.45) is 6.19. The number of rotatable bonds is 6. The van der Waals surface area contributed by atoms with Crippen LogP contribution in [0.4, 0.5) is 5.82 Å². The summed E-state index contributed by atoms with van der Waals surface area (Å²) in [5.74, 6) is 2.34. The van der Waals surface area contributed by atoms with Gasteiger partial charge in [-0.3, -0.25) is 0 Å². The first-order valence-corrected chi connectivity index (χ1v) is 7.40. The molecule has 0 bridgehead atoms. The number of nitrogens with one attached hydrogen (secondary N) is 1. The quantitative estimate of drug-likeness (QED) is 0.850. The van der Waals surface area contributed by atoms with Crippen molar-refractivity contribution in [2.24, 2.45) is 0 Å². The Morgan fingerprint density at radius 3 is 2.74 bits per heavy atom. The van der Waals surface area contributed by atoms with E-state index in [4.69, 9.17) is 9.72 Å². The molecule has 1 aliphatic rings. The third-order valence-corrected chi connectivity index (χ3v) is 3.81. The second-order valence-electron chi connectivity index (χ2n) is 5.32. The Bertz CT molecular complexity index is 402. The topological polar surface area (TPSA) is 47.0 Å². The van der Waals surface area contributed by atoms with Crippen LogP contribution in [0.2, 0.25) is 0 Å². The molecule has 1 atom stereocenters. The molecule has 0 radical (unpaired) electrons. The minimum atomic E-state index is -0.0523. The molecule has 106 valence electrons. The average molecular weight is 263 g/mol. The van der Waals surface area contributed by atoms with E-state index in [9.17, 15) is 0 Å². The summed E-state index contributed by atoms with van der Waals surface area (Å²) < 4.78 is 5.36. The van der Waals surface area contributed by atoms with E-state index >= 15 is 0 Å². The van der Waals surface area contributed by atoms with E-state index in [2.05, 4.69) is 23.3 Å². The van der Waals surface area contributed by atoms with Crippen LogP contribution in [-0.2, 0) is 4.74 Å². The van der Waals surface area contributed by atoms with Crippen molar-refractivity contribution >= 4 is 5.82 Å². The Hall–Kier alpha value is -1.16. The lowest BCUT2D eigenvalue weighted by Gasteiger charge is -2.15. The third kappa shape index (κ3) is 3.66. The van der Waals surface area contributed by atoms with Crippen LogP contribution in [-0.4, -0.2) is 23.6 Å². The molecule has 1 saturated carbocycles. The van der Waals surface area contributed by atoms with Crippen molar-refractivity contribution in [3.05, 3.63) is 17.6 Å². The predicted molar refractivity (Wildman–Crippen MR) is 77.4 cm³/mol. The monoisotopic (exact) mass is 263 g/mol. The normalized spacial score (nSPS) is 17.6. The summed E-state index contributed by atoms with van der Waals surface area (Å²) in [5, 5.41) is 3.37. The lowest BCUT2D eigenvalue weighted by atomic mass is 10.0. The molecule has 0 spiro atoms. The molecule has 1 aliphatic carbocycles. The maximum absolute atomic E-state index is 5.36. The molecule has 1 N–H and O–H groups in total. The number of hydrogen-bond acceptors (Lipinski definition) is 4. The third-order valence-electron chi connectivity index (χ3n) is 3.81. The summed E-state index contributed by atoms with van der Waals surface area (Å²) >= 11 is 0. The number of aromatic nitrogens is 2. The minimum absolute atomic E-state index is 0.0523. The second-order valence-corrected chi connectivity index (χ2v) is 5.32. The fourth-order valence-corrected chi connectivity index (χ4v) is 2.55. The van der Waals surface area contributed by atoms with Gasteiger partial charge < -0.3 is 10.1 Å². The van der Waals surface area contributed by atoms with Crippen molar-refractivity contribution in [3.8, 4) is 0 Å². The van der Waals surface area contributed by atoms with Gasteiger partial charge in [0, 0.05) is 31.3 Å². The summed E-state index contributed by atoms with van der Waals surface area (Å²) in [6, 6.07) is 2.12. The highest BCUT2D eigenvalue weighted by molar-refractivity contribution is 5.37. The van der Waals surface area contributed by atoms with Gasteiger partial charge in [0.2, 0.25) is 0 Å². The number of anilines is 1. The highest BCUT2D eigenvalue weighted by Gasteiger charge is 2.21. The van der Waals surface area contributed by atoms with Gasteiger partial charge >= 0.3 is 0 Å². The van der Waals surface area contributed by atoms with Crippen LogP contribution in [0.1, 0.15) is 69.5 Å². The van der Waals surface area contributed by atoms with Crippen molar-refractivity contribution in [2.45, 2.75) is 58.0 Å². The molecule has 0 amide bonds. The van der Waals surface area contributed by atoms with Crippen LogP contribution in [0.5, 0.6) is 0 Å². The molecule has 1 aromatic rings. The van der Waals surface area contributed by atoms with E-state index < -0.39 is 0 Å². The zero-order chi connectivity index (χ0) is 13.7. The largest absolute Gasteiger partial charge is 0.374 e. The molecule has 0 saturated heterocycles. The van der Waals surface area contributed by atoms with E-state index in [0.717, 1.165) is 24.6 Å². The first kappa shape index (κ1) is 14.3. The standard InChI is InChI=1S/C15H25N3O/c1-4-9-16-14-10-13(12-7-5-6-8-12)17-15(18-14)11(2)19-3/h10-12H,4-9H2,1-3H3,(H,16,17,18). The van der Waals surface area contributed by atoms with Crippen molar-refractivity contribution in [3.63, 3.8) is 0 Å². The van der Waals surface area contributed by atoms with Gasteiger partial charge in [-0.1, -0.05) is 19.8 Å². The lowest BCUT2D eigenvalue weighted by Crippen LogP contribution is -2.11. The van der Waals surface area contributed by atoms with Gasteiger partial charge in [0.25, 0.3) is 0 Å². The van der Waals surface area contributed by atoms with Gasteiger partial charge in [0.05, 0.1) is 0 Å². The molecule has 19 heavy (non-hydrogen) atoms. The Morgan fingerprint density at radius 1 is 1.37 bits per heavy atom. The van der Waals surface area contributed by atoms with E-state index in [1.165, 1.54) is 31.4 Å². The zero-order valence-electron chi connectivity index (χ0n) is 12.3. The van der Waals surface area contributed by atoms with Crippen LogP contribution >= 0.6 is 0 Å². The molecule has 4 nitrogen and oxygen atoms in total. The second kappa shape index (κ2) is 6.85. The van der Waals surface area contributed by atoms with Crippen molar-refractivity contribution in [1.29, 1.82) is 0 Å². The predicted octanol–water partition coefficient (Wildman–Crippen LogP) is 3.66. The van der Waals surface area contributed by atoms with E-state index in [1.54, 1.807) is 7.11 Å². The molecule has 1 unspecified atom stereocenters. The highest BCUT2D eigenvalue weighted by Crippen LogP contribution is 2.34. The Balaban J connectivity index is 2.24. The maximum atomic E-state index is 5.36. The summed E-state index contributed by atoms with van der Waals surface area (Å²) in [5.41, 5.74) is 1.19. The summed E-state index contributed by atoms with van der Waals surface area (Å²) in [7, 11) is 1.70. The van der Waals surface area contributed by atoms with Crippen molar-refractivity contribution < 1.29 is 4.74 Å². The molecule has 1 aromatic heterocycles. The van der Waals surface area contributed by atoms with Gasteiger partial charge in [-0.2, -0.15) is 0 Å². The highest BCUT2D eigenvalue weighted by atomic mass is 16.5. The number of nitrogens with zero attached hydrogens (tertiary/aromatic N) is 2. The molecular weight excluding hydrogens is 238 g/mol. The molecule has 2 rings (SSSR count). The maximum Gasteiger partial charge on any atom is 0.159 e. The van der Waals surface area contributed by atoms with Gasteiger partial charge in [0.15, 0.2) is 5.82 Å². The first-order valence-electron chi connectivity index (χ1n) is 7.40. The van der Waals surface area contributed by atoms with Gasteiger partial charge in [-0.05, 0) is 26.2 Å². The summed E-state index contributed by atoms with van der Waals surface area (Å²) in [6.45, 7) is 5.10. The zero-order valence-corrected chi connectivity index (χ0v) is 12.3. The van der Waals surface area contributed by atoms with E-state index in [-0.39, 0.29) is 6.10 Å². The Kier molecular flexibility index (Phi) is 5.14. The Labute approximate surface area is 116 Å².